The number of aliphatic imine (C=N–C) groups is 1. The summed E-state index contributed by atoms with van der Waals surface area (Å²) in [5.74, 6) is -0.100. The van der Waals surface area contributed by atoms with Gasteiger partial charge >= 0.3 is 0 Å². The van der Waals surface area contributed by atoms with Gasteiger partial charge in [0.25, 0.3) is 0 Å². The zero-order chi connectivity index (χ0) is 15.8. The number of furan rings is 1. The Kier molecular flexibility index (Phi) is 5.94. The van der Waals surface area contributed by atoms with Crippen molar-refractivity contribution in [3.63, 3.8) is 0 Å². The summed E-state index contributed by atoms with van der Waals surface area (Å²) in [4.78, 5) is 4.07. The van der Waals surface area contributed by atoms with Gasteiger partial charge in [0.2, 0.25) is 0 Å². The van der Waals surface area contributed by atoms with Crippen molar-refractivity contribution < 1.29 is 13.2 Å². The number of hydrogen-bond acceptors (Lipinski definition) is 2. The molecule has 118 valence electrons. The Morgan fingerprint density at radius 3 is 2.55 bits per heavy atom. The minimum atomic E-state index is -0.821. The summed E-state index contributed by atoms with van der Waals surface area (Å²) in [5, 5.41) is 6.19. The molecule has 2 N–H and O–H groups in total. The minimum Gasteiger partial charge on any atom is -0.469 e. The van der Waals surface area contributed by atoms with Crippen LogP contribution in [0.15, 0.2) is 46.0 Å². The highest BCUT2D eigenvalue weighted by Gasteiger charge is 2.07. The molecule has 0 aliphatic rings. The van der Waals surface area contributed by atoms with E-state index in [0.29, 0.717) is 31.0 Å². The molecule has 0 radical (unpaired) electrons. The van der Waals surface area contributed by atoms with Gasteiger partial charge in [0.05, 0.1) is 6.26 Å². The van der Waals surface area contributed by atoms with Gasteiger partial charge in [0, 0.05) is 26.6 Å². The molecule has 0 spiro atoms. The summed E-state index contributed by atoms with van der Waals surface area (Å²) in [6.45, 7) is 1.13. The molecule has 0 saturated heterocycles. The number of guanidine groups is 1. The van der Waals surface area contributed by atoms with E-state index in [-0.39, 0.29) is 0 Å². The van der Waals surface area contributed by atoms with Crippen molar-refractivity contribution in [1.82, 2.24) is 10.6 Å². The van der Waals surface area contributed by atoms with Crippen LogP contribution < -0.4 is 10.6 Å². The molecule has 22 heavy (non-hydrogen) atoms. The maximum atomic E-state index is 13.5. The second-order valence-electron chi connectivity index (χ2n) is 4.72. The van der Waals surface area contributed by atoms with Crippen molar-refractivity contribution in [2.45, 2.75) is 12.8 Å². The molecule has 1 aromatic carbocycles. The molecule has 0 bridgehead atoms. The number of hydrogen-bond donors (Lipinski definition) is 2. The second kappa shape index (κ2) is 8.17. The molecular formula is C16H19F2N3O. The zero-order valence-corrected chi connectivity index (χ0v) is 12.4. The summed E-state index contributed by atoms with van der Waals surface area (Å²) in [5.41, 5.74) is 0.346. The average Bonchev–Trinajstić information content (AvgIpc) is 3.03. The topological polar surface area (TPSA) is 49.6 Å². The van der Waals surface area contributed by atoms with Gasteiger partial charge < -0.3 is 15.1 Å². The zero-order valence-electron chi connectivity index (χ0n) is 12.4. The molecule has 6 heteroatoms. The van der Waals surface area contributed by atoms with E-state index in [9.17, 15) is 8.78 Å². The minimum absolute atomic E-state index is 0.346. The molecule has 0 aliphatic heterocycles. The maximum Gasteiger partial charge on any atom is 0.191 e. The molecule has 2 aromatic rings. The highest BCUT2D eigenvalue weighted by molar-refractivity contribution is 5.79. The van der Waals surface area contributed by atoms with Gasteiger partial charge in [-0.1, -0.05) is 12.1 Å². The smallest absolute Gasteiger partial charge is 0.191 e. The first kappa shape index (κ1) is 16.0. The van der Waals surface area contributed by atoms with E-state index in [2.05, 4.69) is 15.6 Å². The third kappa shape index (κ3) is 4.58. The van der Waals surface area contributed by atoms with Crippen LogP contribution in [0.5, 0.6) is 0 Å². The first-order valence-electron chi connectivity index (χ1n) is 7.10. The highest BCUT2D eigenvalue weighted by Crippen LogP contribution is 2.11. The molecule has 0 atom stereocenters. The predicted octanol–water partition coefficient (Wildman–Crippen LogP) is 2.51. The van der Waals surface area contributed by atoms with Crippen molar-refractivity contribution in [3.8, 4) is 0 Å². The molecule has 4 nitrogen and oxygen atoms in total. The van der Waals surface area contributed by atoms with E-state index in [1.165, 1.54) is 6.07 Å². The standard InChI is InChI=1S/C16H19F2N3O/c1-19-16(21-10-8-13-5-3-11-22-13)20-9-7-12-4-2-6-14(17)15(12)18/h2-6,11H,7-10H2,1H3,(H2,19,20,21). The van der Waals surface area contributed by atoms with Crippen LogP contribution in [0.2, 0.25) is 0 Å². The number of nitrogens with zero attached hydrogens (tertiary/aromatic N) is 1. The highest BCUT2D eigenvalue weighted by atomic mass is 19.2. The van der Waals surface area contributed by atoms with Crippen LogP contribution in [0.25, 0.3) is 0 Å². The van der Waals surface area contributed by atoms with Gasteiger partial charge in [-0.25, -0.2) is 8.78 Å². The lowest BCUT2D eigenvalue weighted by Gasteiger charge is -2.11. The van der Waals surface area contributed by atoms with Crippen molar-refractivity contribution in [3.05, 3.63) is 59.6 Å². The van der Waals surface area contributed by atoms with Gasteiger partial charge in [-0.2, -0.15) is 0 Å². The number of halogens is 2. The first-order chi connectivity index (χ1) is 10.7. The number of benzene rings is 1. The lowest BCUT2D eigenvalue weighted by molar-refractivity contribution is 0.498. The number of rotatable bonds is 6. The molecule has 2 rings (SSSR count). The Morgan fingerprint density at radius 2 is 1.86 bits per heavy atom. The Hall–Kier alpha value is -2.37. The Balaban J connectivity index is 1.73. The molecule has 0 unspecified atom stereocenters. The third-order valence-electron chi connectivity index (χ3n) is 3.19. The Bertz CT molecular complexity index is 612. The van der Waals surface area contributed by atoms with Crippen LogP contribution in [-0.2, 0) is 12.8 Å². The van der Waals surface area contributed by atoms with Gasteiger partial charge in [0.1, 0.15) is 5.76 Å². The maximum absolute atomic E-state index is 13.5. The van der Waals surface area contributed by atoms with Crippen LogP contribution in [0, 0.1) is 11.6 Å². The molecular weight excluding hydrogens is 288 g/mol. The monoisotopic (exact) mass is 307 g/mol. The van der Waals surface area contributed by atoms with Crippen molar-refractivity contribution in [1.29, 1.82) is 0 Å². The molecule has 1 heterocycles. The van der Waals surface area contributed by atoms with Gasteiger partial charge in [0.15, 0.2) is 17.6 Å². The Morgan fingerprint density at radius 1 is 1.09 bits per heavy atom. The van der Waals surface area contributed by atoms with Crippen LogP contribution in [0.1, 0.15) is 11.3 Å². The summed E-state index contributed by atoms with van der Waals surface area (Å²) in [6, 6.07) is 7.94. The lowest BCUT2D eigenvalue weighted by Crippen LogP contribution is -2.39. The SMILES string of the molecule is CN=C(NCCc1ccco1)NCCc1cccc(F)c1F. The normalized spacial score (nSPS) is 11.5. The summed E-state index contributed by atoms with van der Waals surface area (Å²) >= 11 is 0. The van der Waals surface area contributed by atoms with Crippen LogP contribution in [0.4, 0.5) is 8.78 Å². The van der Waals surface area contributed by atoms with E-state index in [0.717, 1.165) is 18.2 Å². The first-order valence-corrected chi connectivity index (χ1v) is 7.10. The molecule has 1 aromatic heterocycles. The average molecular weight is 307 g/mol. The van der Waals surface area contributed by atoms with E-state index in [4.69, 9.17) is 4.42 Å². The number of nitrogens with one attached hydrogen (secondary N) is 2. The Labute approximate surface area is 128 Å². The summed E-state index contributed by atoms with van der Waals surface area (Å²) < 4.78 is 31.8. The largest absolute Gasteiger partial charge is 0.469 e. The van der Waals surface area contributed by atoms with Gasteiger partial charge in [-0.15, -0.1) is 0 Å². The molecule has 0 fully saturated rings. The van der Waals surface area contributed by atoms with Crippen molar-refractivity contribution in [2.24, 2.45) is 4.99 Å². The van der Waals surface area contributed by atoms with E-state index >= 15 is 0 Å². The fraction of sp³-hybridized carbons (Fsp3) is 0.312. The second-order valence-corrected chi connectivity index (χ2v) is 4.72. The molecule has 0 amide bonds. The fourth-order valence-corrected chi connectivity index (χ4v) is 2.04. The summed E-state index contributed by atoms with van der Waals surface area (Å²) in [7, 11) is 1.66. The fourth-order valence-electron chi connectivity index (χ4n) is 2.04. The summed E-state index contributed by atoms with van der Waals surface area (Å²) in [6.07, 6.45) is 2.75. The third-order valence-corrected chi connectivity index (χ3v) is 3.19. The van der Waals surface area contributed by atoms with E-state index in [1.807, 2.05) is 12.1 Å². The van der Waals surface area contributed by atoms with Gasteiger partial charge in [-0.3, -0.25) is 4.99 Å². The van der Waals surface area contributed by atoms with Gasteiger partial charge in [-0.05, 0) is 30.2 Å². The molecule has 0 aliphatic carbocycles. The van der Waals surface area contributed by atoms with Crippen molar-refractivity contribution in [2.75, 3.05) is 20.1 Å². The van der Waals surface area contributed by atoms with Crippen LogP contribution >= 0.6 is 0 Å². The quantitative estimate of drug-likeness (QED) is 0.637. The van der Waals surface area contributed by atoms with E-state index < -0.39 is 11.6 Å². The van der Waals surface area contributed by atoms with Crippen LogP contribution in [0.3, 0.4) is 0 Å². The predicted molar refractivity (Wildman–Crippen MR) is 81.8 cm³/mol. The lowest BCUT2D eigenvalue weighted by atomic mass is 10.1. The molecule has 0 saturated carbocycles. The van der Waals surface area contributed by atoms with Crippen molar-refractivity contribution >= 4 is 5.96 Å². The van der Waals surface area contributed by atoms with Crippen LogP contribution in [-0.4, -0.2) is 26.1 Å². The van der Waals surface area contributed by atoms with E-state index in [1.54, 1.807) is 19.4 Å².